The van der Waals surface area contributed by atoms with Crippen molar-refractivity contribution >= 4 is 28.5 Å². The standard InChI is InChI=1S/C22H24F3N3O3S/c1-21(2,3)31-20(30)28-9-8-16-17(11-28)32-19(26-16)27-18(29)14-10-13(14)12-6-4-5-7-15(12)22(23,24)25/h4-7,13-14H,8-11H2,1-3H3,(H,26,27,29). The van der Waals surface area contributed by atoms with Crippen molar-refractivity contribution in [1.29, 1.82) is 0 Å². The zero-order valence-electron chi connectivity index (χ0n) is 18.0. The Morgan fingerprint density at radius 2 is 1.94 bits per heavy atom. The van der Waals surface area contributed by atoms with Gasteiger partial charge in [0.2, 0.25) is 5.91 Å². The van der Waals surface area contributed by atoms with Crippen molar-refractivity contribution in [3.8, 4) is 0 Å². The molecule has 10 heteroatoms. The average Bonchev–Trinajstić information content (AvgIpc) is 3.39. The first kappa shape index (κ1) is 22.6. The van der Waals surface area contributed by atoms with E-state index in [1.165, 1.54) is 23.5 Å². The van der Waals surface area contributed by atoms with E-state index in [0.29, 0.717) is 31.1 Å². The van der Waals surface area contributed by atoms with E-state index in [2.05, 4.69) is 10.3 Å². The quantitative estimate of drug-likeness (QED) is 0.674. The first-order valence-corrected chi connectivity index (χ1v) is 11.2. The van der Waals surface area contributed by atoms with Gasteiger partial charge in [0, 0.05) is 23.8 Å². The van der Waals surface area contributed by atoms with Gasteiger partial charge in [-0.15, -0.1) is 0 Å². The summed E-state index contributed by atoms with van der Waals surface area (Å²) in [4.78, 5) is 31.9. The number of nitrogens with zero attached hydrogens (tertiary/aromatic N) is 2. The molecular weight excluding hydrogens is 443 g/mol. The molecule has 2 aromatic rings. The second kappa shape index (κ2) is 8.06. The molecule has 4 rings (SSSR count). The van der Waals surface area contributed by atoms with Crippen LogP contribution >= 0.6 is 11.3 Å². The summed E-state index contributed by atoms with van der Waals surface area (Å²) < 4.78 is 45.2. The lowest BCUT2D eigenvalue weighted by Gasteiger charge is -2.29. The molecular formula is C22H24F3N3O3S. The predicted octanol–water partition coefficient (Wildman–Crippen LogP) is 5.20. The molecule has 0 radical (unpaired) electrons. The van der Waals surface area contributed by atoms with Crippen LogP contribution in [0.25, 0.3) is 0 Å². The molecule has 1 saturated carbocycles. The van der Waals surface area contributed by atoms with E-state index in [4.69, 9.17) is 4.74 Å². The zero-order chi connectivity index (χ0) is 23.3. The van der Waals surface area contributed by atoms with Crippen molar-refractivity contribution in [2.75, 3.05) is 11.9 Å². The third-order valence-corrected chi connectivity index (χ3v) is 6.40. The Morgan fingerprint density at radius 3 is 2.62 bits per heavy atom. The molecule has 1 aromatic carbocycles. The lowest BCUT2D eigenvalue weighted by molar-refractivity contribution is -0.138. The summed E-state index contributed by atoms with van der Waals surface area (Å²) in [6.45, 7) is 6.23. The van der Waals surface area contributed by atoms with Gasteiger partial charge in [-0.25, -0.2) is 9.78 Å². The number of benzene rings is 1. The van der Waals surface area contributed by atoms with Crippen LogP contribution in [0.3, 0.4) is 0 Å². The Hall–Kier alpha value is -2.62. The van der Waals surface area contributed by atoms with Gasteiger partial charge in [-0.2, -0.15) is 13.2 Å². The summed E-state index contributed by atoms with van der Waals surface area (Å²) in [5.74, 6) is -1.30. The van der Waals surface area contributed by atoms with Gasteiger partial charge in [-0.1, -0.05) is 29.5 Å². The molecule has 2 amide bonds. The van der Waals surface area contributed by atoms with Crippen LogP contribution in [0, 0.1) is 5.92 Å². The number of thiazole rings is 1. The van der Waals surface area contributed by atoms with Crippen LogP contribution in [0.15, 0.2) is 24.3 Å². The van der Waals surface area contributed by atoms with Gasteiger partial charge in [0.1, 0.15) is 5.60 Å². The van der Waals surface area contributed by atoms with E-state index >= 15 is 0 Å². The van der Waals surface area contributed by atoms with E-state index in [-0.39, 0.29) is 11.5 Å². The van der Waals surface area contributed by atoms with E-state index in [1.54, 1.807) is 31.7 Å². The van der Waals surface area contributed by atoms with Crippen LogP contribution in [-0.2, 0) is 28.7 Å². The number of fused-ring (bicyclic) bond motifs is 1. The molecule has 2 unspecified atom stereocenters. The van der Waals surface area contributed by atoms with Gasteiger partial charge >= 0.3 is 12.3 Å². The molecule has 32 heavy (non-hydrogen) atoms. The van der Waals surface area contributed by atoms with Crippen LogP contribution < -0.4 is 5.32 Å². The SMILES string of the molecule is CC(C)(C)OC(=O)N1CCc2nc(NC(=O)C3CC3c3ccccc3C(F)(F)F)sc2C1. The molecule has 2 atom stereocenters. The fraction of sp³-hybridized carbons (Fsp3) is 0.500. The summed E-state index contributed by atoms with van der Waals surface area (Å²) in [6, 6.07) is 5.40. The van der Waals surface area contributed by atoms with Crippen molar-refractivity contribution in [3.63, 3.8) is 0 Å². The number of nitrogens with one attached hydrogen (secondary N) is 1. The van der Waals surface area contributed by atoms with Crippen molar-refractivity contribution in [2.24, 2.45) is 5.92 Å². The van der Waals surface area contributed by atoms with Crippen molar-refractivity contribution in [3.05, 3.63) is 46.0 Å². The minimum absolute atomic E-state index is 0.159. The van der Waals surface area contributed by atoms with Gasteiger partial charge < -0.3 is 15.0 Å². The molecule has 172 valence electrons. The first-order valence-electron chi connectivity index (χ1n) is 10.4. The predicted molar refractivity (Wildman–Crippen MR) is 113 cm³/mol. The highest BCUT2D eigenvalue weighted by molar-refractivity contribution is 7.15. The highest BCUT2D eigenvalue weighted by atomic mass is 32.1. The number of hydrogen-bond donors (Lipinski definition) is 1. The minimum atomic E-state index is -4.45. The summed E-state index contributed by atoms with van der Waals surface area (Å²) in [5, 5.41) is 3.16. The molecule has 1 aromatic heterocycles. The van der Waals surface area contributed by atoms with Gasteiger partial charge in [0.15, 0.2) is 5.13 Å². The maximum absolute atomic E-state index is 13.3. The van der Waals surface area contributed by atoms with Gasteiger partial charge in [-0.3, -0.25) is 4.79 Å². The highest BCUT2D eigenvalue weighted by Crippen LogP contribution is 2.51. The molecule has 1 aliphatic carbocycles. The van der Waals surface area contributed by atoms with Crippen molar-refractivity contribution in [1.82, 2.24) is 9.88 Å². The first-order chi connectivity index (χ1) is 14.9. The summed E-state index contributed by atoms with van der Waals surface area (Å²) in [6.07, 6.45) is -3.93. The van der Waals surface area contributed by atoms with Gasteiger partial charge in [0.25, 0.3) is 0 Å². The third kappa shape index (κ3) is 4.90. The number of hydrogen-bond acceptors (Lipinski definition) is 5. The Bertz CT molecular complexity index is 1050. The number of rotatable bonds is 3. The maximum Gasteiger partial charge on any atom is 0.416 e. The van der Waals surface area contributed by atoms with Crippen LogP contribution in [0.5, 0.6) is 0 Å². The Morgan fingerprint density at radius 1 is 1.22 bits per heavy atom. The number of amides is 2. The van der Waals surface area contributed by atoms with E-state index in [9.17, 15) is 22.8 Å². The fourth-order valence-corrected chi connectivity index (χ4v) is 4.86. The molecule has 0 bridgehead atoms. The van der Waals surface area contributed by atoms with E-state index in [0.717, 1.165) is 16.6 Å². The average molecular weight is 468 g/mol. The van der Waals surface area contributed by atoms with Crippen molar-refractivity contribution < 1.29 is 27.5 Å². The number of anilines is 1. The fourth-order valence-electron chi connectivity index (χ4n) is 3.84. The summed E-state index contributed by atoms with van der Waals surface area (Å²) >= 11 is 1.28. The summed E-state index contributed by atoms with van der Waals surface area (Å²) in [7, 11) is 0. The molecule has 1 N–H and O–H groups in total. The largest absolute Gasteiger partial charge is 0.444 e. The number of ether oxygens (including phenoxy) is 1. The van der Waals surface area contributed by atoms with Gasteiger partial charge in [-0.05, 0) is 44.7 Å². The highest BCUT2D eigenvalue weighted by Gasteiger charge is 2.48. The smallest absolute Gasteiger partial charge is 0.416 e. The number of alkyl halides is 3. The second-order valence-electron chi connectivity index (χ2n) is 9.06. The molecule has 6 nitrogen and oxygen atoms in total. The molecule has 1 fully saturated rings. The molecule has 0 spiro atoms. The normalized spacial score (nSPS) is 20.5. The summed E-state index contributed by atoms with van der Waals surface area (Å²) in [5.41, 5.74) is -0.297. The molecule has 2 heterocycles. The lowest BCUT2D eigenvalue weighted by Crippen LogP contribution is -2.39. The van der Waals surface area contributed by atoms with Gasteiger partial charge in [0.05, 0.1) is 17.8 Å². The number of carbonyl (C=O) groups is 2. The zero-order valence-corrected chi connectivity index (χ0v) is 18.8. The topological polar surface area (TPSA) is 71.5 Å². The van der Waals surface area contributed by atoms with E-state index < -0.39 is 35.3 Å². The molecule has 2 aliphatic rings. The molecule has 0 saturated heterocycles. The number of carbonyl (C=O) groups excluding carboxylic acids is 2. The Labute approximate surface area is 187 Å². The third-order valence-electron chi connectivity index (χ3n) is 5.41. The number of halogens is 3. The van der Waals surface area contributed by atoms with Crippen LogP contribution in [0.1, 0.15) is 54.8 Å². The number of aromatic nitrogens is 1. The van der Waals surface area contributed by atoms with Crippen molar-refractivity contribution in [2.45, 2.75) is 57.9 Å². The van der Waals surface area contributed by atoms with Crippen LogP contribution in [-0.4, -0.2) is 34.0 Å². The Kier molecular flexibility index (Phi) is 5.68. The van der Waals surface area contributed by atoms with Crippen LogP contribution in [0.2, 0.25) is 0 Å². The Balaban J connectivity index is 1.39. The minimum Gasteiger partial charge on any atom is -0.444 e. The second-order valence-corrected chi connectivity index (χ2v) is 10.1. The monoisotopic (exact) mass is 467 g/mol. The molecule has 1 aliphatic heterocycles. The maximum atomic E-state index is 13.3. The van der Waals surface area contributed by atoms with E-state index in [1.807, 2.05) is 0 Å². The lowest BCUT2D eigenvalue weighted by atomic mass is 10.0. The van der Waals surface area contributed by atoms with Crippen LogP contribution in [0.4, 0.5) is 23.1 Å².